The Morgan fingerprint density at radius 3 is 2.75 bits per heavy atom. The molecule has 146 valence electrons. The van der Waals surface area contributed by atoms with Crippen molar-refractivity contribution in [1.29, 1.82) is 0 Å². The van der Waals surface area contributed by atoms with Gasteiger partial charge in [0.15, 0.2) is 11.5 Å². The highest BCUT2D eigenvalue weighted by Crippen LogP contribution is 2.32. The Morgan fingerprint density at radius 1 is 1.07 bits per heavy atom. The summed E-state index contributed by atoms with van der Waals surface area (Å²) in [5, 5.41) is 13.2. The van der Waals surface area contributed by atoms with Gasteiger partial charge in [-0.05, 0) is 26.0 Å². The third-order valence-electron chi connectivity index (χ3n) is 5.80. The van der Waals surface area contributed by atoms with Gasteiger partial charge in [0.05, 0.1) is 12.8 Å². The van der Waals surface area contributed by atoms with Crippen LogP contribution in [0.15, 0.2) is 18.5 Å². The molecule has 0 atom stereocenters. The Hall–Kier alpha value is -2.81. The van der Waals surface area contributed by atoms with E-state index in [1.54, 1.807) is 13.4 Å². The van der Waals surface area contributed by atoms with Gasteiger partial charge in [0, 0.05) is 50.1 Å². The number of likely N-dealkylation sites (N-methyl/N-ethyl adjacent to an activating group) is 1. The Labute approximate surface area is 163 Å². The number of nitrogens with zero attached hydrogens (tertiary/aromatic N) is 8. The van der Waals surface area contributed by atoms with Crippen molar-refractivity contribution < 1.29 is 4.74 Å². The maximum absolute atomic E-state index is 5.26. The lowest BCUT2D eigenvalue weighted by molar-refractivity contribution is 0.308. The van der Waals surface area contributed by atoms with E-state index in [4.69, 9.17) is 4.74 Å². The molecule has 0 unspecified atom stereocenters. The number of aromatic nitrogens is 6. The molecule has 5 rings (SSSR count). The summed E-state index contributed by atoms with van der Waals surface area (Å²) < 4.78 is 7.08. The second-order valence-corrected chi connectivity index (χ2v) is 7.58. The molecule has 3 aromatic rings. The fourth-order valence-electron chi connectivity index (χ4n) is 4.24. The molecule has 0 saturated carbocycles. The normalized spacial score (nSPS) is 18.4. The summed E-state index contributed by atoms with van der Waals surface area (Å²) >= 11 is 0. The first-order valence-electron chi connectivity index (χ1n) is 9.75. The van der Waals surface area contributed by atoms with Gasteiger partial charge in [0.25, 0.3) is 0 Å². The van der Waals surface area contributed by atoms with Crippen molar-refractivity contribution in [2.45, 2.75) is 31.7 Å². The van der Waals surface area contributed by atoms with Crippen LogP contribution in [0, 0.1) is 0 Å². The Balaban J connectivity index is 1.36. The average molecular weight is 380 g/mol. The number of rotatable bonds is 3. The molecule has 28 heavy (non-hydrogen) atoms. The van der Waals surface area contributed by atoms with Crippen LogP contribution >= 0.6 is 0 Å². The summed E-state index contributed by atoms with van der Waals surface area (Å²) in [5.74, 6) is 2.91. The van der Waals surface area contributed by atoms with E-state index in [0.29, 0.717) is 11.8 Å². The summed E-state index contributed by atoms with van der Waals surface area (Å²) in [4.78, 5) is 13.9. The van der Waals surface area contributed by atoms with Crippen molar-refractivity contribution in [3.8, 4) is 5.88 Å². The molecule has 0 aromatic carbocycles. The van der Waals surface area contributed by atoms with Crippen LogP contribution in [-0.2, 0) is 13.0 Å². The van der Waals surface area contributed by atoms with E-state index >= 15 is 0 Å². The molecule has 2 aliphatic rings. The molecule has 0 aliphatic carbocycles. The quantitative estimate of drug-likeness (QED) is 0.672. The van der Waals surface area contributed by atoms with Gasteiger partial charge >= 0.3 is 0 Å². The van der Waals surface area contributed by atoms with Crippen molar-refractivity contribution in [1.82, 2.24) is 34.7 Å². The molecule has 3 aromatic heterocycles. The van der Waals surface area contributed by atoms with Gasteiger partial charge in [0.2, 0.25) is 5.88 Å². The average Bonchev–Trinajstić information content (AvgIpc) is 3.16. The predicted molar refractivity (Wildman–Crippen MR) is 104 cm³/mol. The molecule has 9 heteroatoms. The fourth-order valence-corrected chi connectivity index (χ4v) is 4.24. The highest BCUT2D eigenvalue weighted by atomic mass is 16.5. The van der Waals surface area contributed by atoms with E-state index in [-0.39, 0.29) is 0 Å². The number of fused-ring (bicyclic) bond motifs is 2. The number of hydrogen-bond acceptors (Lipinski definition) is 8. The summed E-state index contributed by atoms with van der Waals surface area (Å²) in [6.45, 7) is 3.86. The molecule has 0 radical (unpaired) electrons. The molecule has 5 heterocycles. The number of piperidine rings is 1. The van der Waals surface area contributed by atoms with Crippen molar-refractivity contribution in [3.05, 3.63) is 35.5 Å². The molecule has 0 amide bonds. The minimum Gasteiger partial charge on any atom is -0.480 e. The van der Waals surface area contributed by atoms with E-state index in [0.717, 1.165) is 62.7 Å². The van der Waals surface area contributed by atoms with Crippen LogP contribution in [-0.4, -0.2) is 68.5 Å². The largest absolute Gasteiger partial charge is 0.480 e. The number of hydrogen-bond donors (Lipinski definition) is 0. The summed E-state index contributed by atoms with van der Waals surface area (Å²) in [5.41, 5.74) is 3.24. The van der Waals surface area contributed by atoms with Crippen LogP contribution in [0.2, 0.25) is 0 Å². The highest BCUT2D eigenvalue weighted by Gasteiger charge is 2.28. The van der Waals surface area contributed by atoms with Gasteiger partial charge in [-0.2, -0.15) is 4.52 Å². The smallest absolute Gasteiger partial charge is 0.231 e. The molecule has 1 saturated heterocycles. The van der Waals surface area contributed by atoms with E-state index in [1.807, 2.05) is 16.6 Å². The van der Waals surface area contributed by atoms with Crippen LogP contribution in [0.3, 0.4) is 0 Å². The molecular formula is C19H24N8O. The third-order valence-corrected chi connectivity index (χ3v) is 5.80. The van der Waals surface area contributed by atoms with Crippen molar-refractivity contribution >= 4 is 11.5 Å². The molecule has 0 spiro atoms. The predicted octanol–water partition coefficient (Wildman–Crippen LogP) is 1.29. The van der Waals surface area contributed by atoms with Gasteiger partial charge in [-0.3, -0.25) is 0 Å². The molecule has 2 aliphatic heterocycles. The van der Waals surface area contributed by atoms with Crippen molar-refractivity contribution in [2.24, 2.45) is 0 Å². The first kappa shape index (κ1) is 17.3. The zero-order chi connectivity index (χ0) is 19.1. The third kappa shape index (κ3) is 2.95. The van der Waals surface area contributed by atoms with Crippen molar-refractivity contribution in [2.75, 3.05) is 38.7 Å². The van der Waals surface area contributed by atoms with Crippen molar-refractivity contribution in [3.63, 3.8) is 0 Å². The fraction of sp³-hybridized carbons (Fsp3) is 0.526. The van der Waals surface area contributed by atoms with E-state index in [1.165, 1.54) is 11.3 Å². The first-order chi connectivity index (χ1) is 13.7. The van der Waals surface area contributed by atoms with Gasteiger partial charge in [-0.1, -0.05) is 0 Å². The van der Waals surface area contributed by atoms with Gasteiger partial charge in [-0.25, -0.2) is 9.97 Å². The Bertz CT molecular complexity index is 995. The molecule has 0 bridgehead atoms. The number of anilines is 1. The summed E-state index contributed by atoms with van der Waals surface area (Å²) in [6, 6.07) is 3.70. The standard InChI is InChI=1S/C19H24N8O/c1-25-8-7-15-14(11-25)19(21-12-20-15)26-9-5-13(6-10-26)18-23-22-16-3-4-17(28-2)24-27(16)18/h3-4,12-13H,5-11H2,1-2H3. The topological polar surface area (TPSA) is 84.6 Å². The van der Waals surface area contributed by atoms with Crippen LogP contribution < -0.4 is 9.64 Å². The Morgan fingerprint density at radius 2 is 1.93 bits per heavy atom. The lowest BCUT2D eigenvalue weighted by atomic mass is 9.95. The van der Waals surface area contributed by atoms with E-state index < -0.39 is 0 Å². The lowest BCUT2D eigenvalue weighted by Crippen LogP contribution is -2.37. The van der Waals surface area contributed by atoms with Crippen LogP contribution in [0.5, 0.6) is 5.88 Å². The zero-order valence-corrected chi connectivity index (χ0v) is 16.2. The second kappa shape index (κ2) is 6.97. The summed E-state index contributed by atoms with van der Waals surface area (Å²) in [7, 11) is 3.78. The van der Waals surface area contributed by atoms with Gasteiger partial charge in [-0.15, -0.1) is 15.3 Å². The molecule has 0 N–H and O–H groups in total. The second-order valence-electron chi connectivity index (χ2n) is 7.58. The highest BCUT2D eigenvalue weighted by molar-refractivity contribution is 5.50. The van der Waals surface area contributed by atoms with E-state index in [9.17, 15) is 0 Å². The molecular weight excluding hydrogens is 356 g/mol. The maximum atomic E-state index is 5.26. The first-order valence-corrected chi connectivity index (χ1v) is 9.75. The molecule has 1 fully saturated rings. The monoisotopic (exact) mass is 380 g/mol. The van der Waals surface area contributed by atoms with Crippen LogP contribution in [0.25, 0.3) is 5.65 Å². The van der Waals surface area contributed by atoms with E-state index in [2.05, 4.69) is 42.1 Å². The lowest BCUT2D eigenvalue weighted by Gasteiger charge is -2.35. The maximum Gasteiger partial charge on any atom is 0.231 e. The van der Waals surface area contributed by atoms with Gasteiger partial charge < -0.3 is 14.5 Å². The summed E-state index contributed by atoms with van der Waals surface area (Å²) in [6.07, 6.45) is 4.70. The Kier molecular flexibility index (Phi) is 4.31. The minimum atomic E-state index is 0.325. The van der Waals surface area contributed by atoms with Crippen LogP contribution in [0.4, 0.5) is 5.82 Å². The van der Waals surface area contributed by atoms with Crippen LogP contribution in [0.1, 0.15) is 35.8 Å². The molecule has 9 nitrogen and oxygen atoms in total. The number of methoxy groups -OCH3 is 1. The zero-order valence-electron chi connectivity index (χ0n) is 16.2. The minimum absolute atomic E-state index is 0.325. The van der Waals surface area contributed by atoms with Gasteiger partial charge in [0.1, 0.15) is 12.1 Å². The SMILES string of the molecule is COc1ccc2nnc(C3CCN(c4ncnc5c4CN(C)CC5)CC3)n2n1. The number of ether oxygens (including phenoxy) is 1.